The molecule has 0 fully saturated rings. The lowest BCUT2D eigenvalue weighted by Gasteiger charge is -2.10. The van der Waals surface area contributed by atoms with E-state index in [1.807, 2.05) is 18.2 Å². The lowest BCUT2D eigenvalue weighted by molar-refractivity contribution is 0.313. The van der Waals surface area contributed by atoms with Crippen LogP contribution in [0.25, 0.3) is 11.1 Å². The molecule has 0 spiro atoms. The van der Waals surface area contributed by atoms with Gasteiger partial charge in [0, 0.05) is 12.0 Å². The number of nitrogens with one attached hydrogen (secondary N) is 1. The van der Waals surface area contributed by atoms with E-state index in [-0.39, 0.29) is 22.5 Å². The Morgan fingerprint density at radius 3 is 2.33 bits per heavy atom. The third-order valence-electron chi connectivity index (χ3n) is 3.31. The summed E-state index contributed by atoms with van der Waals surface area (Å²) in [6.45, 7) is 0.414. The van der Waals surface area contributed by atoms with Crippen molar-refractivity contribution in [2.45, 2.75) is 12.8 Å². The number of aromatic amines is 1. The van der Waals surface area contributed by atoms with Crippen molar-refractivity contribution >= 4 is 5.82 Å². The van der Waals surface area contributed by atoms with E-state index in [1.54, 1.807) is 24.3 Å². The summed E-state index contributed by atoms with van der Waals surface area (Å²) in [6.07, 6.45) is 1.04. The van der Waals surface area contributed by atoms with E-state index >= 15 is 0 Å². The number of hydrogen-bond donors (Lipinski definition) is 2. The van der Waals surface area contributed by atoms with Crippen molar-refractivity contribution in [2.24, 2.45) is 0 Å². The highest BCUT2D eigenvalue weighted by atomic mass is 16.5. The summed E-state index contributed by atoms with van der Waals surface area (Å²) in [6, 6.07) is 12.4. The number of anilines is 1. The highest BCUT2D eigenvalue weighted by Gasteiger charge is 2.17. The number of H-pyrrole nitrogens is 1. The maximum atomic E-state index is 11.9. The molecule has 0 atom stereocenters. The normalized spacial score (nSPS) is 9.54. The van der Waals surface area contributed by atoms with Crippen molar-refractivity contribution in [3.8, 4) is 35.1 Å². The number of nitrogens with two attached hydrogens (primary N) is 1. The summed E-state index contributed by atoms with van der Waals surface area (Å²) in [4.78, 5) is 14.2. The highest BCUT2D eigenvalue weighted by molar-refractivity contribution is 5.80. The Morgan fingerprint density at radius 2 is 1.75 bits per heavy atom. The molecule has 0 aliphatic heterocycles. The fourth-order valence-corrected chi connectivity index (χ4v) is 2.19. The molecule has 0 aliphatic carbocycles. The number of unbranched alkanes of at least 4 members (excludes halogenated alkanes) is 1. The Morgan fingerprint density at radius 1 is 1.08 bits per heavy atom. The fraction of sp³-hybridized carbons (Fsp3) is 0.176. The van der Waals surface area contributed by atoms with Crippen molar-refractivity contribution in [3.63, 3.8) is 0 Å². The van der Waals surface area contributed by atoms with E-state index in [0.29, 0.717) is 30.8 Å². The molecule has 7 nitrogen and oxygen atoms in total. The van der Waals surface area contributed by atoms with E-state index in [9.17, 15) is 15.3 Å². The second-order valence-corrected chi connectivity index (χ2v) is 4.85. The van der Waals surface area contributed by atoms with Crippen molar-refractivity contribution in [3.05, 3.63) is 45.7 Å². The Balaban J connectivity index is 2.40. The molecule has 1 heterocycles. The molecule has 118 valence electrons. The standard InChI is InChI=1S/C17H13N5O2/c18-7-1-2-8-24-12-5-3-11(4-6-12)15-13(9-19)16(21)22-17(23)14(15)10-20/h3-6H,1-2,8H2,(H3,21,22,23). The zero-order valence-electron chi connectivity index (χ0n) is 12.7. The second-order valence-electron chi connectivity index (χ2n) is 4.85. The van der Waals surface area contributed by atoms with Crippen LogP contribution in [0.1, 0.15) is 24.0 Å². The predicted molar refractivity (Wildman–Crippen MR) is 86.7 cm³/mol. The van der Waals surface area contributed by atoms with Gasteiger partial charge in [-0.1, -0.05) is 12.1 Å². The molecule has 0 unspecified atom stereocenters. The van der Waals surface area contributed by atoms with Gasteiger partial charge in [0.2, 0.25) is 0 Å². The molecule has 0 amide bonds. The van der Waals surface area contributed by atoms with Crippen molar-refractivity contribution < 1.29 is 4.74 Å². The molecule has 0 saturated heterocycles. The predicted octanol–water partition coefficient (Wildman–Crippen LogP) is 2.05. The third-order valence-corrected chi connectivity index (χ3v) is 3.31. The van der Waals surface area contributed by atoms with Gasteiger partial charge in [0.1, 0.15) is 34.8 Å². The van der Waals surface area contributed by atoms with Crippen molar-refractivity contribution in [1.29, 1.82) is 15.8 Å². The molecule has 2 rings (SSSR count). The first kappa shape index (κ1) is 16.6. The molecule has 3 N–H and O–H groups in total. The number of ether oxygens (including phenoxy) is 1. The summed E-state index contributed by atoms with van der Waals surface area (Å²) in [7, 11) is 0. The van der Waals surface area contributed by atoms with Gasteiger partial charge in [-0.2, -0.15) is 15.8 Å². The quantitative estimate of drug-likeness (QED) is 0.808. The number of rotatable bonds is 5. The molecule has 0 radical (unpaired) electrons. The molecule has 0 saturated carbocycles. The summed E-state index contributed by atoms with van der Waals surface area (Å²) in [5, 5.41) is 27.0. The minimum atomic E-state index is -0.638. The van der Waals surface area contributed by atoms with Crippen LogP contribution in [-0.4, -0.2) is 11.6 Å². The lowest BCUT2D eigenvalue weighted by atomic mass is 9.96. The molecule has 0 aliphatic rings. The van der Waals surface area contributed by atoms with Gasteiger partial charge in [0.05, 0.1) is 12.7 Å². The second kappa shape index (κ2) is 7.49. The van der Waals surface area contributed by atoms with E-state index in [4.69, 9.17) is 15.7 Å². The van der Waals surface area contributed by atoms with Gasteiger partial charge < -0.3 is 15.5 Å². The minimum Gasteiger partial charge on any atom is -0.494 e. The van der Waals surface area contributed by atoms with E-state index in [2.05, 4.69) is 4.98 Å². The van der Waals surface area contributed by atoms with Gasteiger partial charge in [-0.05, 0) is 24.1 Å². The van der Waals surface area contributed by atoms with Gasteiger partial charge in [-0.15, -0.1) is 0 Å². The topological polar surface area (TPSA) is 139 Å². The van der Waals surface area contributed by atoms with Crippen LogP contribution in [0.3, 0.4) is 0 Å². The van der Waals surface area contributed by atoms with Gasteiger partial charge in [-0.25, -0.2) is 0 Å². The zero-order valence-corrected chi connectivity index (χ0v) is 12.7. The third kappa shape index (κ3) is 3.35. The first-order valence-corrected chi connectivity index (χ1v) is 7.08. The van der Waals surface area contributed by atoms with E-state index < -0.39 is 5.56 Å². The number of nitrogens with zero attached hydrogens (tertiary/aromatic N) is 3. The molecular formula is C17H13N5O2. The van der Waals surface area contributed by atoms with Crippen LogP contribution in [0, 0.1) is 34.0 Å². The number of aromatic nitrogens is 1. The van der Waals surface area contributed by atoms with Crippen LogP contribution in [0.5, 0.6) is 5.75 Å². The van der Waals surface area contributed by atoms with Gasteiger partial charge >= 0.3 is 0 Å². The van der Waals surface area contributed by atoms with Gasteiger partial charge in [-0.3, -0.25) is 4.79 Å². The largest absolute Gasteiger partial charge is 0.494 e. The van der Waals surface area contributed by atoms with Crippen LogP contribution in [0.15, 0.2) is 29.1 Å². The summed E-state index contributed by atoms with van der Waals surface area (Å²) in [5.74, 6) is 0.514. The molecule has 7 heteroatoms. The number of benzene rings is 1. The van der Waals surface area contributed by atoms with E-state index in [1.165, 1.54) is 0 Å². The van der Waals surface area contributed by atoms with Crippen LogP contribution in [-0.2, 0) is 0 Å². The maximum absolute atomic E-state index is 11.9. The van der Waals surface area contributed by atoms with Crippen LogP contribution >= 0.6 is 0 Å². The number of nitrogen functional groups attached to an aromatic ring is 1. The van der Waals surface area contributed by atoms with Crippen LogP contribution in [0.4, 0.5) is 5.82 Å². The first-order chi connectivity index (χ1) is 11.6. The Bertz CT molecular complexity index is 924. The highest BCUT2D eigenvalue weighted by Crippen LogP contribution is 2.29. The van der Waals surface area contributed by atoms with Crippen molar-refractivity contribution in [1.82, 2.24) is 4.98 Å². The summed E-state index contributed by atoms with van der Waals surface area (Å²) in [5.41, 5.74) is 5.65. The van der Waals surface area contributed by atoms with Crippen LogP contribution < -0.4 is 16.0 Å². The summed E-state index contributed by atoms with van der Waals surface area (Å²) < 4.78 is 5.49. The molecular weight excluding hydrogens is 306 g/mol. The smallest absolute Gasteiger partial charge is 0.268 e. The molecule has 0 bridgehead atoms. The lowest BCUT2D eigenvalue weighted by Crippen LogP contribution is -2.16. The number of pyridine rings is 1. The van der Waals surface area contributed by atoms with E-state index in [0.717, 1.165) is 0 Å². The minimum absolute atomic E-state index is 0.0499. The SMILES string of the molecule is N#CCCCOc1ccc(-c2c(C#N)c(N)[nH]c(=O)c2C#N)cc1. The zero-order chi connectivity index (χ0) is 17.5. The average Bonchev–Trinajstić information content (AvgIpc) is 2.59. The molecule has 24 heavy (non-hydrogen) atoms. The summed E-state index contributed by atoms with van der Waals surface area (Å²) >= 11 is 0. The Kier molecular flexibility index (Phi) is 5.18. The van der Waals surface area contributed by atoms with Crippen molar-refractivity contribution in [2.75, 3.05) is 12.3 Å². The van der Waals surface area contributed by atoms with Gasteiger partial charge in [0.25, 0.3) is 5.56 Å². The van der Waals surface area contributed by atoms with Gasteiger partial charge in [0.15, 0.2) is 0 Å². The first-order valence-electron chi connectivity index (χ1n) is 7.08. The maximum Gasteiger partial charge on any atom is 0.268 e. The Hall–Kier alpha value is -3.76. The van der Waals surface area contributed by atoms with Crippen LogP contribution in [0.2, 0.25) is 0 Å². The monoisotopic (exact) mass is 319 g/mol. The molecule has 1 aromatic carbocycles. The molecule has 1 aromatic heterocycles. The average molecular weight is 319 g/mol. The molecule has 2 aromatic rings. The Labute approximate surface area is 138 Å². The fourth-order valence-electron chi connectivity index (χ4n) is 2.19. The number of nitriles is 3. The number of hydrogen-bond acceptors (Lipinski definition) is 6.